The lowest BCUT2D eigenvalue weighted by atomic mass is 10.0. The first kappa shape index (κ1) is 22.5. The lowest BCUT2D eigenvalue weighted by Crippen LogP contribution is -1.99. The molecule has 0 aliphatic carbocycles. The molecule has 0 fully saturated rings. The van der Waals surface area contributed by atoms with Crippen LogP contribution < -0.4 is 0 Å². The number of rotatable bonds is 0. The Kier molecular flexibility index (Phi) is 20.5. The maximum Gasteiger partial charge on any atom is 0 e. The summed E-state index contributed by atoms with van der Waals surface area (Å²) in [4.78, 5) is 2.00. The third-order valence-electron chi connectivity index (χ3n) is 0. The minimum absolute atomic E-state index is 0. The Bertz CT molecular complexity index is 46.3. The van der Waals surface area contributed by atoms with Crippen LogP contribution in [0.25, 0.3) is 0 Å². The third kappa shape index (κ3) is 1040000. The van der Waals surface area contributed by atoms with Crippen LogP contribution in [0.4, 0.5) is 0 Å². The molecule has 0 N–H and O–H groups in total. The van der Waals surface area contributed by atoms with Crippen LogP contribution in [0.15, 0.2) is 0 Å². The third-order valence-corrected chi connectivity index (χ3v) is 0. The van der Waals surface area contributed by atoms with Crippen LogP contribution in [0, 0.1) is 5.41 Å². The molecule has 69 valence electrons. The second-order valence-corrected chi connectivity index (χ2v) is 4.34. The van der Waals surface area contributed by atoms with E-state index in [0.29, 0.717) is 5.41 Å². The zero-order valence-corrected chi connectivity index (χ0v) is 8.52. The Hall–Kier alpha value is 0.0249. The van der Waals surface area contributed by atoms with Crippen molar-refractivity contribution in [2.45, 2.75) is 35.1 Å². The molecule has 0 spiro atoms. The van der Waals surface area contributed by atoms with E-state index in [0.717, 1.165) is 0 Å². The summed E-state index contributed by atoms with van der Waals surface area (Å²) in [5.41, 5.74) is 0.500. The second kappa shape index (κ2) is 10.0. The van der Waals surface area contributed by atoms with Crippen molar-refractivity contribution >= 4 is 8.41 Å². The molecular weight excluding hydrogens is 133 g/mol. The first-order chi connectivity index (χ1) is 3.73. The van der Waals surface area contributed by atoms with Gasteiger partial charge in [0.25, 0.3) is 0 Å². The zero-order chi connectivity index (χ0) is 8.08. The Morgan fingerprint density at radius 3 is 0.818 bits per heavy atom. The molecule has 0 amide bonds. The monoisotopic (exact) mass is 158 g/mol. The van der Waals surface area contributed by atoms with Gasteiger partial charge < -0.3 is 4.90 Å². The molecule has 0 saturated heterocycles. The van der Waals surface area contributed by atoms with Crippen LogP contribution in [0.5, 0.6) is 0 Å². The Balaban J connectivity index is -0.0000000383. The lowest BCUT2D eigenvalue weighted by Gasteiger charge is -2.05. The summed E-state index contributed by atoms with van der Waals surface area (Å²) in [6.07, 6.45) is 0. The van der Waals surface area contributed by atoms with Crippen LogP contribution in [0.2, 0.25) is 0 Å². The number of hydrogen-bond donors (Lipinski definition) is 0. The zero-order valence-electron chi connectivity index (χ0n) is 8.52. The van der Waals surface area contributed by atoms with Crippen molar-refractivity contribution in [1.29, 1.82) is 0 Å². The van der Waals surface area contributed by atoms with Crippen molar-refractivity contribution < 1.29 is 0 Å². The predicted molar refractivity (Wildman–Crippen MR) is 57.2 cm³/mol. The van der Waals surface area contributed by atoms with Crippen LogP contribution in [-0.2, 0) is 0 Å². The van der Waals surface area contributed by atoms with Gasteiger partial charge in [0.1, 0.15) is 0 Å². The van der Waals surface area contributed by atoms with E-state index in [9.17, 15) is 0 Å². The normalized spacial score (nSPS) is 8.73. The minimum atomic E-state index is 0. The molecule has 0 rings (SSSR count). The Labute approximate surface area is 75.8 Å². The molecule has 0 aliphatic rings. The molecule has 0 aromatic carbocycles. The van der Waals surface area contributed by atoms with Crippen LogP contribution in [0.1, 0.15) is 35.1 Å². The van der Waals surface area contributed by atoms with Crippen molar-refractivity contribution in [1.82, 2.24) is 4.90 Å². The summed E-state index contributed by atoms with van der Waals surface area (Å²) in [6.45, 7) is 8.75. The summed E-state index contributed by atoms with van der Waals surface area (Å²) >= 11 is 0. The largest absolute Gasteiger partial charge is 0.312 e. The van der Waals surface area contributed by atoms with Gasteiger partial charge in [-0.1, -0.05) is 35.1 Å². The molecule has 11 heavy (non-hydrogen) atoms. The van der Waals surface area contributed by atoms with Crippen LogP contribution >= 0.6 is 0 Å². The van der Waals surface area contributed by atoms with Crippen molar-refractivity contribution in [2.75, 3.05) is 21.1 Å². The highest BCUT2D eigenvalue weighted by molar-refractivity contribution is 5.75. The fraction of sp³-hybridized carbons (Fsp3) is 1.00. The van der Waals surface area contributed by atoms with Gasteiger partial charge in [0.05, 0.1) is 0 Å². The predicted octanol–water partition coefficient (Wildman–Crippen LogP) is 2.49. The molecule has 0 bridgehead atoms. The molecule has 1 nitrogen and oxygen atoms in total. The molecule has 0 aromatic heterocycles. The molecule has 0 heterocycles. The van der Waals surface area contributed by atoms with Gasteiger partial charge >= 0.3 is 0 Å². The molecule has 0 saturated carbocycles. The second-order valence-electron chi connectivity index (χ2n) is 4.34. The summed E-state index contributed by atoms with van der Waals surface area (Å²) < 4.78 is 0. The van der Waals surface area contributed by atoms with E-state index in [1.807, 2.05) is 26.0 Å². The number of nitrogens with zero attached hydrogens (tertiary/aromatic N) is 1. The fourth-order valence-corrected chi connectivity index (χ4v) is 0. The molecule has 0 atom stereocenters. The quantitative estimate of drug-likeness (QED) is 0.489. The van der Waals surface area contributed by atoms with Gasteiger partial charge in [0.15, 0.2) is 0 Å². The van der Waals surface area contributed by atoms with Crippen molar-refractivity contribution in [3.63, 3.8) is 0 Å². The maximum absolute atomic E-state index is 2.19. The van der Waals surface area contributed by atoms with Gasteiger partial charge in [0, 0.05) is 8.41 Å². The SMILES string of the molecule is C.CC(C)(C)C.CN(C)C.[B]. The van der Waals surface area contributed by atoms with Gasteiger partial charge in [-0.25, -0.2) is 0 Å². The average molecular weight is 158 g/mol. The Morgan fingerprint density at radius 2 is 0.818 bits per heavy atom. The highest BCUT2D eigenvalue weighted by Gasteiger charge is 1.95. The first-order valence-electron chi connectivity index (χ1n) is 3.34. The summed E-state index contributed by atoms with van der Waals surface area (Å²) in [6, 6.07) is 0. The molecule has 0 aliphatic heterocycles. The topological polar surface area (TPSA) is 3.24 Å². The van der Waals surface area contributed by atoms with Gasteiger partial charge in [-0.2, -0.15) is 0 Å². The highest BCUT2D eigenvalue weighted by atomic mass is 15.0. The smallest absolute Gasteiger partial charge is 0 e. The Morgan fingerprint density at radius 1 is 0.818 bits per heavy atom. The van der Waals surface area contributed by atoms with Gasteiger partial charge in [-0.15, -0.1) is 0 Å². The van der Waals surface area contributed by atoms with Crippen molar-refractivity contribution in [3.05, 3.63) is 0 Å². The standard InChI is InChI=1S/C5H12.C3H9N.CH4.B/c1-5(2,3)4;1-4(2)3;;/h1-4H3;1-3H3;1H4;. The number of hydrogen-bond acceptors (Lipinski definition) is 1. The molecule has 3 radical (unpaired) electrons. The van der Waals surface area contributed by atoms with Gasteiger partial charge in [-0.3, -0.25) is 0 Å². The van der Waals surface area contributed by atoms with E-state index in [1.165, 1.54) is 0 Å². The van der Waals surface area contributed by atoms with E-state index >= 15 is 0 Å². The summed E-state index contributed by atoms with van der Waals surface area (Å²) in [5.74, 6) is 0. The highest BCUT2D eigenvalue weighted by Crippen LogP contribution is 2.07. The van der Waals surface area contributed by atoms with E-state index in [2.05, 4.69) is 27.7 Å². The molecule has 0 aromatic rings. The fourth-order valence-electron chi connectivity index (χ4n) is 0. The maximum atomic E-state index is 2.19. The molecule has 0 unspecified atom stereocenters. The average Bonchev–Trinajstić information content (AvgIpc) is 1.19. The summed E-state index contributed by atoms with van der Waals surface area (Å²) in [7, 11) is 6.00. The van der Waals surface area contributed by atoms with Crippen LogP contribution in [0.3, 0.4) is 0 Å². The van der Waals surface area contributed by atoms with Crippen molar-refractivity contribution in [3.8, 4) is 0 Å². The summed E-state index contributed by atoms with van der Waals surface area (Å²) in [5, 5.41) is 0. The molecular formula is C9H25BN. The van der Waals surface area contributed by atoms with Gasteiger partial charge in [0.2, 0.25) is 0 Å². The van der Waals surface area contributed by atoms with E-state index in [1.54, 1.807) is 0 Å². The van der Waals surface area contributed by atoms with Crippen LogP contribution in [-0.4, -0.2) is 34.5 Å². The van der Waals surface area contributed by atoms with E-state index in [-0.39, 0.29) is 15.8 Å². The first-order valence-corrected chi connectivity index (χ1v) is 3.34. The minimum Gasteiger partial charge on any atom is -0.312 e. The van der Waals surface area contributed by atoms with Crippen molar-refractivity contribution in [2.24, 2.45) is 5.41 Å². The van der Waals surface area contributed by atoms with E-state index < -0.39 is 0 Å². The molecule has 2 heteroatoms. The van der Waals surface area contributed by atoms with Gasteiger partial charge in [-0.05, 0) is 26.6 Å². The van der Waals surface area contributed by atoms with E-state index in [4.69, 9.17) is 0 Å². The lowest BCUT2D eigenvalue weighted by molar-refractivity contribution is 0.469.